The first kappa shape index (κ1) is 14.2. The molecule has 0 aliphatic carbocycles. The molecule has 1 atom stereocenters. The second-order valence-corrected chi connectivity index (χ2v) is 4.10. The zero-order chi connectivity index (χ0) is 12.3. The molecule has 0 radical (unpaired) electrons. The summed E-state index contributed by atoms with van der Waals surface area (Å²) in [6.45, 7) is 5.05. The van der Waals surface area contributed by atoms with E-state index in [1.807, 2.05) is 30.3 Å². The lowest BCUT2D eigenvalue weighted by Gasteiger charge is -2.12. The Balaban J connectivity index is 2.03. The monoisotopic (exact) mass is 237 g/mol. The maximum absolute atomic E-state index is 9.86. The Kier molecular flexibility index (Phi) is 7.63. The number of nitrogens with one attached hydrogen (secondary N) is 1. The molecule has 1 rings (SSSR count). The van der Waals surface area contributed by atoms with Crippen LogP contribution in [-0.2, 0) is 4.74 Å². The zero-order valence-electron chi connectivity index (χ0n) is 10.6. The van der Waals surface area contributed by atoms with E-state index in [-0.39, 0.29) is 0 Å². The molecule has 3 heteroatoms. The van der Waals surface area contributed by atoms with E-state index in [0.29, 0.717) is 13.2 Å². The van der Waals surface area contributed by atoms with E-state index in [2.05, 4.69) is 12.2 Å². The van der Waals surface area contributed by atoms with E-state index in [0.717, 1.165) is 25.1 Å². The summed E-state index contributed by atoms with van der Waals surface area (Å²) < 4.78 is 5.42. The van der Waals surface area contributed by atoms with Crippen LogP contribution in [0.25, 0.3) is 0 Å². The molecule has 0 aliphatic rings. The number of rotatable bonds is 9. The van der Waals surface area contributed by atoms with Crippen LogP contribution in [0.3, 0.4) is 0 Å². The predicted octanol–water partition coefficient (Wildman–Crippen LogP) is 2.13. The third kappa shape index (κ3) is 6.41. The van der Waals surface area contributed by atoms with Gasteiger partial charge >= 0.3 is 0 Å². The molecule has 1 unspecified atom stereocenters. The molecule has 0 fully saturated rings. The van der Waals surface area contributed by atoms with Crippen molar-refractivity contribution in [1.82, 2.24) is 5.32 Å². The van der Waals surface area contributed by atoms with Gasteiger partial charge in [-0.25, -0.2) is 0 Å². The van der Waals surface area contributed by atoms with Gasteiger partial charge in [-0.05, 0) is 12.0 Å². The number of ether oxygens (including phenoxy) is 1. The van der Waals surface area contributed by atoms with E-state index in [1.54, 1.807) is 0 Å². The summed E-state index contributed by atoms with van der Waals surface area (Å²) >= 11 is 0. The van der Waals surface area contributed by atoms with E-state index >= 15 is 0 Å². The lowest BCUT2D eigenvalue weighted by atomic mass is 10.1. The first-order valence-corrected chi connectivity index (χ1v) is 6.36. The fourth-order valence-corrected chi connectivity index (χ4v) is 1.52. The molecular weight excluding hydrogens is 214 g/mol. The van der Waals surface area contributed by atoms with Crippen LogP contribution in [-0.4, -0.2) is 31.4 Å². The van der Waals surface area contributed by atoms with Crippen molar-refractivity contribution in [1.29, 1.82) is 0 Å². The van der Waals surface area contributed by atoms with Crippen LogP contribution >= 0.6 is 0 Å². The van der Waals surface area contributed by atoms with Gasteiger partial charge in [0.15, 0.2) is 0 Å². The van der Waals surface area contributed by atoms with Crippen molar-refractivity contribution in [2.24, 2.45) is 0 Å². The molecule has 0 aromatic heterocycles. The summed E-state index contributed by atoms with van der Waals surface area (Å²) in [7, 11) is 0. The minimum atomic E-state index is -0.438. The Morgan fingerprint density at radius 2 is 2.00 bits per heavy atom. The molecule has 0 bridgehead atoms. The molecule has 0 saturated carbocycles. The normalized spacial score (nSPS) is 12.6. The van der Waals surface area contributed by atoms with Gasteiger partial charge in [0.1, 0.15) is 0 Å². The minimum absolute atomic E-state index is 0.438. The van der Waals surface area contributed by atoms with Crippen LogP contribution in [0, 0.1) is 0 Å². The van der Waals surface area contributed by atoms with Gasteiger partial charge in [0.05, 0.1) is 12.7 Å². The van der Waals surface area contributed by atoms with Crippen LogP contribution in [0.15, 0.2) is 30.3 Å². The standard InChI is InChI=1S/C14H23NO2/c1-2-3-10-17-11-9-15-12-14(16)13-7-5-4-6-8-13/h4-8,14-16H,2-3,9-12H2,1H3. The van der Waals surface area contributed by atoms with Crippen LogP contribution in [0.5, 0.6) is 0 Å². The average Bonchev–Trinajstić information content (AvgIpc) is 2.38. The second kappa shape index (κ2) is 9.16. The molecule has 0 saturated heterocycles. The lowest BCUT2D eigenvalue weighted by molar-refractivity contribution is 0.125. The summed E-state index contributed by atoms with van der Waals surface area (Å²) in [5.41, 5.74) is 0.951. The molecular formula is C14H23NO2. The van der Waals surface area contributed by atoms with Crippen molar-refractivity contribution in [3.8, 4) is 0 Å². The third-order valence-electron chi connectivity index (χ3n) is 2.59. The maximum Gasteiger partial charge on any atom is 0.0914 e. The number of unbranched alkanes of at least 4 members (excludes halogenated alkanes) is 1. The largest absolute Gasteiger partial charge is 0.387 e. The topological polar surface area (TPSA) is 41.5 Å². The highest BCUT2D eigenvalue weighted by atomic mass is 16.5. The molecule has 0 aliphatic heterocycles. The third-order valence-corrected chi connectivity index (χ3v) is 2.59. The average molecular weight is 237 g/mol. The number of benzene rings is 1. The summed E-state index contributed by atoms with van der Waals surface area (Å²) in [6.07, 6.45) is 1.85. The predicted molar refractivity (Wildman–Crippen MR) is 70.0 cm³/mol. The number of hydrogen-bond acceptors (Lipinski definition) is 3. The number of aliphatic hydroxyl groups is 1. The van der Waals surface area contributed by atoms with Crippen molar-refractivity contribution >= 4 is 0 Å². The molecule has 2 N–H and O–H groups in total. The van der Waals surface area contributed by atoms with E-state index in [1.165, 1.54) is 6.42 Å². The van der Waals surface area contributed by atoms with Crippen LogP contribution in [0.2, 0.25) is 0 Å². The van der Waals surface area contributed by atoms with Gasteiger partial charge in [-0.3, -0.25) is 0 Å². The molecule has 0 spiro atoms. The molecule has 17 heavy (non-hydrogen) atoms. The number of aliphatic hydroxyl groups excluding tert-OH is 1. The fourth-order valence-electron chi connectivity index (χ4n) is 1.52. The Bertz CT molecular complexity index is 277. The van der Waals surface area contributed by atoms with Gasteiger partial charge in [-0.15, -0.1) is 0 Å². The molecule has 96 valence electrons. The minimum Gasteiger partial charge on any atom is -0.387 e. The lowest BCUT2D eigenvalue weighted by Crippen LogP contribution is -2.25. The van der Waals surface area contributed by atoms with Crippen LogP contribution < -0.4 is 5.32 Å². The van der Waals surface area contributed by atoms with Crippen molar-refractivity contribution in [3.63, 3.8) is 0 Å². The van der Waals surface area contributed by atoms with Crippen molar-refractivity contribution in [2.45, 2.75) is 25.9 Å². The van der Waals surface area contributed by atoms with Gasteiger partial charge in [0.25, 0.3) is 0 Å². The highest BCUT2D eigenvalue weighted by Gasteiger charge is 2.04. The van der Waals surface area contributed by atoms with E-state index in [4.69, 9.17) is 4.74 Å². The summed E-state index contributed by atoms with van der Waals surface area (Å²) in [6, 6.07) is 9.69. The Labute approximate surface area is 104 Å². The highest BCUT2D eigenvalue weighted by molar-refractivity contribution is 5.17. The van der Waals surface area contributed by atoms with Gasteiger partial charge in [-0.2, -0.15) is 0 Å². The molecule has 0 amide bonds. The van der Waals surface area contributed by atoms with Crippen molar-refractivity contribution < 1.29 is 9.84 Å². The first-order chi connectivity index (χ1) is 8.34. The zero-order valence-corrected chi connectivity index (χ0v) is 10.6. The molecule has 3 nitrogen and oxygen atoms in total. The van der Waals surface area contributed by atoms with Gasteiger partial charge < -0.3 is 15.2 Å². The van der Waals surface area contributed by atoms with Crippen LogP contribution in [0.4, 0.5) is 0 Å². The number of hydrogen-bond donors (Lipinski definition) is 2. The summed E-state index contributed by atoms with van der Waals surface area (Å²) in [5, 5.41) is 13.0. The molecule has 1 aromatic rings. The first-order valence-electron chi connectivity index (χ1n) is 6.36. The van der Waals surface area contributed by atoms with Gasteiger partial charge in [0, 0.05) is 19.7 Å². The van der Waals surface area contributed by atoms with Crippen LogP contribution in [0.1, 0.15) is 31.4 Å². The fraction of sp³-hybridized carbons (Fsp3) is 0.571. The summed E-state index contributed by atoms with van der Waals surface area (Å²) in [5.74, 6) is 0. The summed E-state index contributed by atoms with van der Waals surface area (Å²) in [4.78, 5) is 0. The smallest absolute Gasteiger partial charge is 0.0914 e. The van der Waals surface area contributed by atoms with Crippen molar-refractivity contribution in [2.75, 3.05) is 26.3 Å². The Morgan fingerprint density at radius 3 is 2.71 bits per heavy atom. The maximum atomic E-state index is 9.86. The Morgan fingerprint density at radius 1 is 1.24 bits per heavy atom. The van der Waals surface area contributed by atoms with Gasteiger partial charge in [-0.1, -0.05) is 43.7 Å². The van der Waals surface area contributed by atoms with E-state index in [9.17, 15) is 5.11 Å². The Hall–Kier alpha value is -0.900. The second-order valence-electron chi connectivity index (χ2n) is 4.10. The quantitative estimate of drug-likeness (QED) is 0.646. The highest BCUT2D eigenvalue weighted by Crippen LogP contribution is 2.10. The van der Waals surface area contributed by atoms with Crippen molar-refractivity contribution in [3.05, 3.63) is 35.9 Å². The van der Waals surface area contributed by atoms with E-state index < -0.39 is 6.10 Å². The molecule has 0 heterocycles. The SMILES string of the molecule is CCCCOCCNCC(O)c1ccccc1. The van der Waals surface area contributed by atoms with Gasteiger partial charge in [0.2, 0.25) is 0 Å². The molecule has 1 aromatic carbocycles.